The average molecular weight is 263 g/mol. The summed E-state index contributed by atoms with van der Waals surface area (Å²) < 4.78 is 1.72. The monoisotopic (exact) mass is 263 g/mol. The molecule has 1 atom stereocenters. The van der Waals surface area contributed by atoms with Crippen LogP contribution in [0, 0.1) is 6.92 Å². The Hall–Kier alpha value is -1.33. The molecule has 0 spiro atoms. The summed E-state index contributed by atoms with van der Waals surface area (Å²) in [5, 5.41) is 17.9. The summed E-state index contributed by atoms with van der Waals surface area (Å²) in [6.45, 7) is 4.77. The second-order valence-corrected chi connectivity index (χ2v) is 5.21. The molecule has 4 nitrogen and oxygen atoms in total. The molecule has 0 bridgehead atoms. The smallest absolute Gasteiger partial charge is 0.107 e. The summed E-state index contributed by atoms with van der Waals surface area (Å²) in [4.78, 5) is 1.17. The molecule has 1 aromatic heterocycles. The summed E-state index contributed by atoms with van der Waals surface area (Å²) >= 11 is 1.64. The molecule has 96 valence electrons. The number of aryl methyl sites for hydroxylation is 2. The van der Waals surface area contributed by atoms with Gasteiger partial charge in [0.2, 0.25) is 0 Å². The molecule has 5 heteroatoms. The van der Waals surface area contributed by atoms with Gasteiger partial charge in [0.05, 0.1) is 11.9 Å². The Morgan fingerprint density at radius 2 is 2.28 bits per heavy atom. The first kappa shape index (κ1) is 13.1. The van der Waals surface area contributed by atoms with Gasteiger partial charge in [-0.1, -0.05) is 22.9 Å². The van der Waals surface area contributed by atoms with Crippen molar-refractivity contribution in [1.29, 1.82) is 0 Å². The number of hydrogen-bond acceptors (Lipinski definition) is 4. The van der Waals surface area contributed by atoms with Crippen molar-refractivity contribution in [3.05, 3.63) is 41.7 Å². The normalized spacial score (nSPS) is 12.6. The second-order valence-electron chi connectivity index (χ2n) is 4.12. The highest BCUT2D eigenvalue weighted by Gasteiger charge is 2.13. The average Bonchev–Trinajstić information content (AvgIpc) is 2.84. The molecule has 0 radical (unpaired) electrons. The van der Waals surface area contributed by atoms with Crippen LogP contribution >= 0.6 is 11.8 Å². The van der Waals surface area contributed by atoms with E-state index in [1.54, 1.807) is 22.6 Å². The van der Waals surface area contributed by atoms with Gasteiger partial charge in [0.25, 0.3) is 0 Å². The third-order valence-corrected chi connectivity index (χ3v) is 3.76. The Morgan fingerprint density at radius 1 is 1.44 bits per heavy atom. The van der Waals surface area contributed by atoms with Gasteiger partial charge in [-0.25, -0.2) is 4.68 Å². The maximum absolute atomic E-state index is 10.1. The van der Waals surface area contributed by atoms with Gasteiger partial charge in [0.15, 0.2) is 0 Å². The summed E-state index contributed by atoms with van der Waals surface area (Å²) in [5.41, 5.74) is 2.01. The Morgan fingerprint density at radius 3 is 3.00 bits per heavy atom. The van der Waals surface area contributed by atoms with Gasteiger partial charge < -0.3 is 5.11 Å². The van der Waals surface area contributed by atoms with E-state index < -0.39 is 6.10 Å². The highest BCUT2D eigenvalue weighted by atomic mass is 32.2. The minimum Gasteiger partial charge on any atom is -0.386 e. The molecule has 0 aliphatic rings. The van der Waals surface area contributed by atoms with E-state index in [2.05, 4.69) is 35.4 Å². The zero-order valence-corrected chi connectivity index (χ0v) is 11.4. The van der Waals surface area contributed by atoms with Crippen LogP contribution in [0.1, 0.15) is 24.3 Å². The standard InChI is InChI=1S/C13H17N3OS/c1-3-16-12(8-14-15-16)13(17)9-18-11-6-4-5-10(2)7-11/h4-8,13,17H,3,9H2,1-2H3. The second kappa shape index (κ2) is 6.02. The van der Waals surface area contributed by atoms with E-state index in [-0.39, 0.29) is 0 Å². The molecule has 1 N–H and O–H groups in total. The zero-order valence-electron chi connectivity index (χ0n) is 10.6. The van der Waals surface area contributed by atoms with E-state index in [1.165, 1.54) is 10.5 Å². The maximum atomic E-state index is 10.1. The maximum Gasteiger partial charge on any atom is 0.107 e. The van der Waals surface area contributed by atoms with Crippen molar-refractivity contribution in [3.63, 3.8) is 0 Å². The molecule has 0 saturated heterocycles. The zero-order chi connectivity index (χ0) is 13.0. The van der Waals surface area contributed by atoms with Gasteiger partial charge in [0, 0.05) is 17.2 Å². The third-order valence-electron chi connectivity index (χ3n) is 2.69. The number of rotatable bonds is 5. The summed E-state index contributed by atoms with van der Waals surface area (Å²) in [5.74, 6) is 0.608. The van der Waals surface area contributed by atoms with E-state index in [0.29, 0.717) is 5.75 Å². The fourth-order valence-electron chi connectivity index (χ4n) is 1.74. The molecular weight excluding hydrogens is 246 g/mol. The lowest BCUT2D eigenvalue weighted by Gasteiger charge is -2.11. The Labute approximate surface area is 111 Å². The largest absolute Gasteiger partial charge is 0.386 e. The van der Waals surface area contributed by atoms with Crippen molar-refractivity contribution in [2.75, 3.05) is 5.75 Å². The molecule has 2 rings (SSSR count). The van der Waals surface area contributed by atoms with Gasteiger partial charge in [-0.2, -0.15) is 0 Å². The molecule has 1 unspecified atom stereocenters. The topological polar surface area (TPSA) is 50.9 Å². The Bertz CT molecular complexity index is 512. The number of aliphatic hydroxyl groups is 1. The van der Waals surface area contributed by atoms with Crippen LogP contribution in [0.3, 0.4) is 0 Å². The summed E-state index contributed by atoms with van der Waals surface area (Å²) in [6.07, 6.45) is 1.09. The Balaban J connectivity index is 1.98. The lowest BCUT2D eigenvalue weighted by Crippen LogP contribution is -2.09. The SMILES string of the molecule is CCn1nncc1C(O)CSc1cccc(C)c1. The van der Waals surface area contributed by atoms with Gasteiger partial charge in [-0.15, -0.1) is 16.9 Å². The number of aromatic nitrogens is 3. The number of aliphatic hydroxyl groups excluding tert-OH is 1. The van der Waals surface area contributed by atoms with Crippen LogP contribution in [0.4, 0.5) is 0 Å². The molecule has 0 aliphatic heterocycles. The predicted molar refractivity (Wildman–Crippen MR) is 72.6 cm³/mol. The third kappa shape index (κ3) is 3.11. The first-order chi connectivity index (χ1) is 8.70. The first-order valence-corrected chi connectivity index (χ1v) is 6.95. The number of benzene rings is 1. The van der Waals surface area contributed by atoms with Crippen LogP contribution in [0.25, 0.3) is 0 Å². The van der Waals surface area contributed by atoms with E-state index in [9.17, 15) is 5.11 Å². The van der Waals surface area contributed by atoms with Gasteiger partial charge in [-0.3, -0.25) is 0 Å². The van der Waals surface area contributed by atoms with Gasteiger partial charge in [-0.05, 0) is 26.0 Å². The van der Waals surface area contributed by atoms with Crippen molar-refractivity contribution in [2.45, 2.75) is 31.4 Å². The summed E-state index contributed by atoms with van der Waals surface area (Å²) in [7, 11) is 0. The molecule has 0 aliphatic carbocycles. The van der Waals surface area contributed by atoms with E-state index in [4.69, 9.17) is 0 Å². The lowest BCUT2D eigenvalue weighted by atomic mass is 10.2. The van der Waals surface area contributed by atoms with Crippen molar-refractivity contribution < 1.29 is 5.11 Å². The van der Waals surface area contributed by atoms with Crippen LogP contribution in [0.5, 0.6) is 0 Å². The van der Waals surface area contributed by atoms with Crippen LogP contribution in [0.2, 0.25) is 0 Å². The molecule has 0 saturated carbocycles. The molecule has 2 aromatic rings. The minimum atomic E-state index is -0.537. The molecule has 18 heavy (non-hydrogen) atoms. The summed E-state index contributed by atoms with van der Waals surface area (Å²) in [6, 6.07) is 8.27. The number of thioether (sulfide) groups is 1. The molecule has 0 fully saturated rings. The molecule has 0 amide bonds. The van der Waals surface area contributed by atoms with E-state index in [0.717, 1.165) is 12.2 Å². The van der Waals surface area contributed by atoms with Crippen molar-refractivity contribution in [3.8, 4) is 0 Å². The van der Waals surface area contributed by atoms with Crippen LogP contribution < -0.4 is 0 Å². The van der Waals surface area contributed by atoms with E-state index >= 15 is 0 Å². The number of nitrogens with zero attached hydrogens (tertiary/aromatic N) is 3. The lowest BCUT2D eigenvalue weighted by molar-refractivity contribution is 0.192. The quantitative estimate of drug-likeness (QED) is 0.842. The fourth-order valence-corrected chi connectivity index (χ4v) is 2.70. The van der Waals surface area contributed by atoms with E-state index in [1.807, 2.05) is 13.0 Å². The minimum absolute atomic E-state index is 0.537. The molecule has 1 heterocycles. The van der Waals surface area contributed by atoms with Crippen molar-refractivity contribution in [2.24, 2.45) is 0 Å². The first-order valence-electron chi connectivity index (χ1n) is 5.96. The highest BCUT2D eigenvalue weighted by Crippen LogP contribution is 2.24. The van der Waals surface area contributed by atoms with Crippen molar-refractivity contribution >= 4 is 11.8 Å². The fraction of sp³-hybridized carbons (Fsp3) is 0.385. The predicted octanol–water partition coefficient (Wildman–Crippen LogP) is 2.43. The van der Waals surface area contributed by atoms with Gasteiger partial charge >= 0.3 is 0 Å². The number of hydrogen-bond donors (Lipinski definition) is 1. The van der Waals surface area contributed by atoms with Crippen LogP contribution in [-0.4, -0.2) is 25.9 Å². The highest BCUT2D eigenvalue weighted by molar-refractivity contribution is 7.99. The van der Waals surface area contributed by atoms with Crippen LogP contribution in [0.15, 0.2) is 35.4 Å². The molecular formula is C13H17N3OS. The molecule has 1 aromatic carbocycles. The van der Waals surface area contributed by atoms with Crippen molar-refractivity contribution in [1.82, 2.24) is 15.0 Å². The Kier molecular flexibility index (Phi) is 4.38. The van der Waals surface area contributed by atoms with Crippen LogP contribution in [-0.2, 0) is 6.54 Å². The van der Waals surface area contributed by atoms with Gasteiger partial charge in [0.1, 0.15) is 6.10 Å².